The second-order valence-electron chi connectivity index (χ2n) is 4.65. The quantitative estimate of drug-likeness (QED) is 0.764. The van der Waals surface area contributed by atoms with Gasteiger partial charge >= 0.3 is 0 Å². The number of ether oxygens (including phenoxy) is 1. The Morgan fingerprint density at radius 1 is 1.40 bits per heavy atom. The van der Waals surface area contributed by atoms with Gasteiger partial charge in [-0.05, 0) is 18.1 Å². The number of methoxy groups -OCH3 is 1. The van der Waals surface area contributed by atoms with E-state index in [4.69, 9.17) is 4.74 Å². The SMILES string of the molecule is CCC(CC)C(Br)CNC(=O)c1ccc(OC)cc1F. The molecule has 0 bridgehead atoms. The molecule has 1 atom stereocenters. The number of carbonyl (C=O) groups is 1. The average molecular weight is 346 g/mol. The highest BCUT2D eigenvalue weighted by Crippen LogP contribution is 2.20. The average Bonchev–Trinajstić information content (AvgIpc) is 2.45. The van der Waals surface area contributed by atoms with Crippen LogP contribution < -0.4 is 10.1 Å². The number of carbonyl (C=O) groups excluding carboxylic acids is 1. The largest absolute Gasteiger partial charge is 0.497 e. The molecule has 0 spiro atoms. The zero-order valence-corrected chi connectivity index (χ0v) is 13.7. The third kappa shape index (κ3) is 4.47. The number of amides is 1. The number of nitrogens with one attached hydrogen (secondary N) is 1. The van der Waals surface area contributed by atoms with Crippen LogP contribution in [0, 0.1) is 11.7 Å². The maximum Gasteiger partial charge on any atom is 0.254 e. The summed E-state index contributed by atoms with van der Waals surface area (Å²) < 4.78 is 18.7. The summed E-state index contributed by atoms with van der Waals surface area (Å²) in [5.74, 6) is -0.0819. The van der Waals surface area contributed by atoms with Gasteiger partial charge in [0.25, 0.3) is 5.91 Å². The van der Waals surface area contributed by atoms with Gasteiger partial charge in [0.05, 0.1) is 12.7 Å². The summed E-state index contributed by atoms with van der Waals surface area (Å²) in [5, 5.41) is 2.76. The van der Waals surface area contributed by atoms with Crippen LogP contribution in [0.1, 0.15) is 37.0 Å². The summed E-state index contributed by atoms with van der Waals surface area (Å²) >= 11 is 3.58. The molecule has 1 aromatic carbocycles. The van der Waals surface area contributed by atoms with Gasteiger partial charge in [-0.2, -0.15) is 0 Å². The van der Waals surface area contributed by atoms with Crippen molar-refractivity contribution >= 4 is 21.8 Å². The van der Waals surface area contributed by atoms with Crippen LogP contribution in [0.2, 0.25) is 0 Å². The lowest BCUT2D eigenvalue weighted by Crippen LogP contribution is -2.33. The Hall–Kier alpha value is -1.10. The van der Waals surface area contributed by atoms with Crippen LogP contribution in [-0.4, -0.2) is 24.4 Å². The van der Waals surface area contributed by atoms with Crippen molar-refractivity contribution in [3.8, 4) is 5.75 Å². The molecular formula is C15H21BrFNO2. The third-order valence-electron chi connectivity index (χ3n) is 3.44. The zero-order valence-electron chi connectivity index (χ0n) is 12.1. The number of halogens is 2. The fourth-order valence-corrected chi connectivity index (χ4v) is 2.97. The molecule has 0 fully saturated rings. The smallest absolute Gasteiger partial charge is 0.254 e. The van der Waals surface area contributed by atoms with Gasteiger partial charge in [-0.15, -0.1) is 0 Å². The van der Waals surface area contributed by atoms with Gasteiger partial charge in [0.2, 0.25) is 0 Å². The Balaban J connectivity index is 2.63. The van der Waals surface area contributed by atoms with E-state index in [1.165, 1.54) is 19.2 Å². The van der Waals surface area contributed by atoms with Crippen LogP contribution in [0.25, 0.3) is 0 Å². The van der Waals surface area contributed by atoms with Gasteiger partial charge in [0.1, 0.15) is 11.6 Å². The molecule has 1 unspecified atom stereocenters. The molecule has 1 rings (SSSR count). The molecular weight excluding hydrogens is 325 g/mol. The highest BCUT2D eigenvalue weighted by molar-refractivity contribution is 9.09. The minimum absolute atomic E-state index is 0.0371. The summed E-state index contributed by atoms with van der Waals surface area (Å²) in [6.45, 7) is 4.72. The predicted octanol–water partition coefficient (Wildman–Crippen LogP) is 3.76. The lowest BCUT2D eigenvalue weighted by Gasteiger charge is -2.20. The Labute approximate surface area is 128 Å². The molecule has 1 N–H and O–H groups in total. The maximum absolute atomic E-state index is 13.8. The fraction of sp³-hybridized carbons (Fsp3) is 0.533. The Morgan fingerprint density at radius 3 is 2.55 bits per heavy atom. The molecule has 1 aromatic rings. The van der Waals surface area contributed by atoms with Crippen LogP contribution >= 0.6 is 15.9 Å². The van der Waals surface area contributed by atoms with E-state index in [1.54, 1.807) is 6.07 Å². The summed E-state index contributed by atoms with van der Waals surface area (Å²) in [6.07, 6.45) is 2.08. The summed E-state index contributed by atoms with van der Waals surface area (Å²) in [5.41, 5.74) is 0.0371. The van der Waals surface area contributed by atoms with Gasteiger partial charge in [0.15, 0.2) is 0 Å². The van der Waals surface area contributed by atoms with Crippen molar-refractivity contribution in [3.63, 3.8) is 0 Å². The van der Waals surface area contributed by atoms with Gasteiger partial charge < -0.3 is 10.1 Å². The lowest BCUT2D eigenvalue weighted by molar-refractivity contribution is 0.0948. The molecule has 5 heteroatoms. The minimum Gasteiger partial charge on any atom is -0.497 e. The first kappa shape index (κ1) is 17.0. The van der Waals surface area contributed by atoms with Crippen molar-refractivity contribution in [2.24, 2.45) is 5.92 Å². The van der Waals surface area contributed by atoms with Crippen molar-refractivity contribution in [2.75, 3.05) is 13.7 Å². The van der Waals surface area contributed by atoms with Crippen LogP contribution in [0.5, 0.6) is 5.75 Å². The van der Waals surface area contributed by atoms with Crippen molar-refractivity contribution < 1.29 is 13.9 Å². The number of benzene rings is 1. The van der Waals surface area contributed by atoms with Gasteiger partial charge in [-0.3, -0.25) is 4.79 Å². The first-order valence-electron chi connectivity index (χ1n) is 6.79. The highest BCUT2D eigenvalue weighted by Gasteiger charge is 2.18. The van der Waals surface area contributed by atoms with Crippen LogP contribution in [0.4, 0.5) is 4.39 Å². The van der Waals surface area contributed by atoms with E-state index in [2.05, 4.69) is 35.1 Å². The first-order chi connectivity index (χ1) is 9.53. The van der Waals surface area contributed by atoms with Gasteiger partial charge in [-0.25, -0.2) is 4.39 Å². The predicted molar refractivity (Wildman–Crippen MR) is 82.1 cm³/mol. The van der Waals surface area contributed by atoms with Crippen molar-refractivity contribution in [3.05, 3.63) is 29.6 Å². The van der Waals surface area contributed by atoms with Gasteiger partial charge in [-0.1, -0.05) is 42.6 Å². The number of rotatable bonds is 7. The molecule has 0 aliphatic carbocycles. The number of hydrogen-bond donors (Lipinski definition) is 1. The maximum atomic E-state index is 13.8. The van der Waals surface area contributed by atoms with E-state index in [9.17, 15) is 9.18 Å². The fourth-order valence-electron chi connectivity index (χ4n) is 2.06. The van der Waals surface area contributed by atoms with Crippen molar-refractivity contribution in [1.29, 1.82) is 0 Å². The molecule has 3 nitrogen and oxygen atoms in total. The Morgan fingerprint density at radius 2 is 2.05 bits per heavy atom. The summed E-state index contributed by atoms with van der Waals surface area (Å²) in [6, 6.07) is 4.22. The van der Waals surface area contributed by atoms with E-state index in [-0.39, 0.29) is 10.4 Å². The third-order valence-corrected chi connectivity index (χ3v) is 4.51. The standard InChI is InChI=1S/C15H21BrFNO2/c1-4-10(5-2)13(16)9-18-15(19)12-7-6-11(20-3)8-14(12)17/h6-8,10,13H,4-5,9H2,1-3H3,(H,18,19). The molecule has 0 aromatic heterocycles. The van der Waals surface area contributed by atoms with E-state index in [0.717, 1.165) is 12.8 Å². The van der Waals surface area contributed by atoms with Crippen molar-refractivity contribution in [1.82, 2.24) is 5.32 Å². The molecule has 112 valence electrons. The summed E-state index contributed by atoms with van der Waals surface area (Å²) in [7, 11) is 1.46. The second-order valence-corrected chi connectivity index (χ2v) is 5.82. The lowest BCUT2D eigenvalue weighted by atomic mass is 9.99. The Kier molecular flexibility index (Phi) is 6.99. The minimum atomic E-state index is -0.574. The molecule has 20 heavy (non-hydrogen) atoms. The highest BCUT2D eigenvalue weighted by atomic mass is 79.9. The normalized spacial score (nSPS) is 12.3. The molecule has 0 aliphatic heterocycles. The van der Waals surface area contributed by atoms with Crippen LogP contribution in [0.15, 0.2) is 18.2 Å². The van der Waals surface area contributed by atoms with Crippen molar-refractivity contribution in [2.45, 2.75) is 31.5 Å². The Bertz CT molecular complexity index is 449. The van der Waals surface area contributed by atoms with Crippen LogP contribution in [-0.2, 0) is 0 Å². The monoisotopic (exact) mass is 345 g/mol. The van der Waals surface area contributed by atoms with E-state index in [0.29, 0.717) is 18.2 Å². The first-order valence-corrected chi connectivity index (χ1v) is 7.70. The van der Waals surface area contributed by atoms with E-state index < -0.39 is 11.7 Å². The molecule has 0 saturated carbocycles. The van der Waals surface area contributed by atoms with E-state index >= 15 is 0 Å². The molecule has 0 aliphatic rings. The second kappa shape index (κ2) is 8.25. The molecule has 0 radical (unpaired) electrons. The molecule has 0 heterocycles. The van der Waals surface area contributed by atoms with Gasteiger partial charge in [0, 0.05) is 17.4 Å². The molecule has 0 saturated heterocycles. The molecule has 1 amide bonds. The zero-order chi connectivity index (χ0) is 15.1. The number of hydrogen-bond acceptors (Lipinski definition) is 2. The summed E-state index contributed by atoms with van der Waals surface area (Å²) in [4.78, 5) is 12.2. The topological polar surface area (TPSA) is 38.3 Å². The van der Waals surface area contributed by atoms with Crippen LogP contribution in [0.3, 0.4) is 0 Å². The van der Waals surface area contributed by atoms with E-state index in [1.807, 2.05) is 0 Å². The number of alkyl halides is 1.